The van der Waals surface area contributed by atoms with Crippen molar-refractivity contribution in [1.82, 2.24) is 0 Å². The van der Waals surface area contributed by atoms with E-state index in [0.29, 0.717) is 11.4 Å². The summed E-state index contributed by atoms with van der Waals surface area (Å²) in [5, 5.41) is 0. The van der Waals surface area contributed by atoms with Crippen molar-refractivity contribution >= 4 is 33.0 Å². The van der Waals surface area contributed by atoms with Gasteiger partial charge in [0.2, 0.25) is 0 Å². The topological polar surface area (TPSA) is 32.5 Å². The first-order chi connectivity index (χ1) is 10.1. The number of nitrogen functional groups attached to an aromatic ring is 1. The highest BCUT2D eigenvalue weighted by atomic mass is 79.9. The van der Waals surface area contributed by atoms with Gasteiger partial charge in [0.15, 0.2) is 0 Å². The zero-order chi connectivity index (χ0) is 14.8. The SMILES string of the molecule is Nc1ccc(N2CCN(c3ccc(Br)cc3)CC2)c(F)c1. The van der Waals surface area contributed by atoms with Crippen molar-refractivity contribution in [2.24, 2.45) is 0 Å². The number of halogens is 2. The van der Waals surface area contributed by atoms with Crippen LogP contribution in [0, 0.1) is 5.82 Å². The summed E-state index contributed by atoms with van der Waals surface area (Å²) >= 11 is 3.44. The summed E-state index contributed by atoms with van der Waals surface area (Å²) in [6.45, 7) is 3.37. The maximum absolute atomic E-state index is 14.0. The Bertz CT molecular complexity index is 622. The van der Waals surface area contributed by atoms with Crippen molar-refractivity contribution in [3.8, 4) is 0 Å². The van der Waals surface area contributed by atoms with Crippen LogP contribution in [0.1, 0.15) is 0 Å². The molecule has 1 saturated heterocycles. The van der Waals surface area contributed by atoms with E-state index in [1.54, 1.807) is 12.1 Å². The summed E-state index contributed by atoms with van der Waals surface area (Å²) in [7, 11) is 0. The molecule has 1 aliphatic rings. The molecule has 0 saturated carbocycles. The van der Waals surface area contributed by atoms with Crippen molar-refractivity contribution in [2.75, 3.05) is 41.7 Å². The van der Waals surface area contributed by atoms with Gasteiger partial charge in [-0.3, -0.25) is 0 Å². The van der Waals surface area contributed by atoms with E-state index in [9.17, 15) is 4.39 Å². The van der Waals surface area contributed by atoms with Crippen LogP contribution in [0.25, 0.3) is 0 Å². The summed E-state index contributed by atoms with van der Waals surface area (Å²) in [5.74, 6) is -0.243. The van der Waals surface area contributed by atoms with Gasteiger partial charge in [-0.2, -0.15) is 0 Å². The van der Waals surface area contributed by atoms with Gasteiger partial charge in [0.1, 0.15) is 5.82 Å². The molecule has 21 heavy (non-hydrogen) atoms. The van der Waals surface area contributed by atoms with Crippen LogP contribution in [0.4, 0.5) is 21.5 Å². The molecule has 0 amide bonds. The van der Waals surface area contributed by atoms with Crippen LogP contribution in [-0.2, 0) is 0 Å². The Hall–Kier alpha value is -1.75. The summed E-state index contributed by atoms with van der Waals surface area (Å²) in [5.41, 5.74) is 7.90. The maximum atomic E-state index is 14.0. The average molecular weight is 350 g/mol. The van der Waals surface area contributed by atoms with Gasteiger partial charge < -0.3 is 15.5 Å². The van der Waals surface area contributed by atoms with Crippen molar-refractivity contribution < 1.29 is 4.39 Å². The smallest absolute Gasteiger partial charge is 0.148 e. The molecule has 3 rings (SSSR count). The summed E-state index contributed by atoms with van der Waals surface area (Å²) in [6.07, 6.45) is 0. The maximum Gasteiger partial charge on any atom is 0.148 e. The molecule has 0 unspecified atom stereocenters. The summed E-state index contributed by atoms with van der Waals surface area (Å²) < 4.78 is 15.0. The van der Waals surface area contributed by atoms with E-state index in [1.165, 1.54) is 11.8 Å². The molecule has 2 N–H and O–H groups in total. The van der Waals surface area contributed by atoms with E-state index in [0.717, 1.165) is 30.7 Å². The van der Waals surface area contributed by atoms with E-state index in [-0.39, 0.29) is 5.82 Å². The van der Waals surface area contributed by atoms with Gasteiger partial charge in [0.25, 0.3) is 0 Å². The predicted molar refractivity (Wildman–Crippen MR) is 89.4 cm³/mol. The minimum absolute atomic E-state index is 0.243. The molecular weight excluding hydrogens is 333 g/mol. The first-order valence-corrected chi connectivity index (χ1v) is 7.73. The van der Waals surface area contributed by atoms with Gasteiger partial charge >= 0.3 is 0 Å². The summed E-state index contributed by atoms with van der Waals surface area (Å²) in [6, 6.07) is 13.2. The number of nitrogens with zero attached hydrogens (tertiary/aromatic N) is 2. The Morgan fingerprint density at radius 3 is 2.14 bits per heavy atom. The fourth-order valence-corrected chi connectivity index (χ4v) is 2.90. The second-order valence-corrected chi connectivity index (χ2v) is 6.08. The van der Waals surface area contributed by atoms with Gasteiger partial charge in [0.05, 0.1) is 5.69 Å². The van der Waals surface area contributed by atoms with Crippen LogP contribution >= 0.6 is 15.9 Å². The van der Waals surface area contributed by atoms with Crippen LogP contribution in [0.2, 0.25) is 0 Å². The van der Waals surface area contributed by atoms with E-state index in [4.69, 9.17) is 5.73 Å². The van der Waals surface area contributed by atoms with Gasteiger partial charge in [-0.15, -0.1) is 0 Å². The Morgan fingerprint density at radius 2 is 1.52 bits per heavy atom. The fraction of sp³-hybridized carbons (Fsp3) is 0.250. The molecule has 0 aliphatic carbocycles. The highest BCUT2D eigenvalue weighted by molar-refractivity contribution is 9.10. The molecule has 3 nitrogen and oxygen atoms in total. The van der Waals surface area contributed by atoms with Crippen molar-refractivity contribution in [2.45, 2.75) is 0 Å². The minimum atomic E-state index is -0.243. The first-order valence-electron chi connectivity index (χ1n) is 6.94. The van der Waals surface area contributed by atoms with Crippen LogP contribution in [0.5, 0.6) is 0 Å². The molecule has 5 heteroatoms. The monoisotopic (exact) mass is 349 g/mol. The molecule has 0 spiro atoms. The number of rotatable bonds is 2. The van der Waals surface area contributed by atoms with Crippen LogP contribution < -0.4 is 15.5 Å². The molecule has 2 aromatic carbocycles. The number of piperazine rings is 1. The standard InChI is InChI=1S/C16H17BrFN3/c17-12-1-4-14(5-2-12)20-7-9-21(10-8-20)16-6-3-13(19)11-15(16)18/h1-6,11H,7-10,19H2. The van der Waals surface area contributed by atoms with Gasteiger partial charge in [-0.25, -0.2) is 4.39 Å². The zero-order valence-corrected chi connectivity index (χ0v) is 13.2. The van der Waals surface area contributed by atoms with E-state index in [2.05, 4.69) is 37.9 Å². The van der Waals surface area contributed by atoms with Gasteiger partial charge in [-0.05, 0) is 42.5 Å². The van der Waals surface area contributed by atoms with Gasteiger partial charge in [-0.1, -0.05) is 15.9 Å². The highest BCUT2D eigenvalue weighted by Crippen LogP contribution is 2.25. The fourth-order valence-electron chi connectivity index (χ4n) is 2.64. The van der Waals surface area contributed by atoms with Crippen molar-refractivity contribution in [1.29, 1.82) is 0 Å². The van der Waals surface area contributed by atoms with E-state index >= 15 is 0 Å². The van der Waals surface area contributed by atoms with E-state index < -0.39 is 0 Å². The third-order valence-electron chi connectivity index (χ3n) is 3.78. The Labute approximate surface area is 132 Å². The predicted octanol–water partition coefficient (Wildman–Crippen LogP) is 3.50. The lowest BCUT2D eigenvalue weighted by molar-refractivity contribution is 0.598. The molecule has 0 aromatic heterocycles. The Balaban J connectivity index is 1.68. The Morgan fingerprint density at radius 1 is 0.905 bits per heavy atom. The number of anilines is 3. The van der Waals surface area contributed by atoms with E-state index in [1.807, 2.05) is 12.1 Å². The molecule has 1 fully saturated rings. The number of hydrogen-bond donors (Lipinski definition) is 1. The normalized spacial score (nSPS) is 15.3. The second kappa shape index (κ2) is 5.93. The molecule has 110 valence electrons. The lowest BCUT2D eigenvalue weighted by atomic mass is 10.2. The largest absolute Gasteiger partial charge is 0.399 e. The lowest BCUT2D eigenvalue weighted by Gasteiger charge is -2.37. The second-order valence-electron chi connectivity index (χ2n) is 5.16. The number of hydrogen-bond acceptors (Lipinski definition) is 3. The lowest BCUT2D eigenvalue weighted by Crippen LogP contribution is -2.46. The molecule has 2 aromatic rings. The van der Waals surface area contributed by atoms with Gasteiger partial charge in [0, 0.05) is 42.0 Å². The third kappa shape index (κ3) is 3.13. The third-order valence-corrected chi connectivity index (χ3v) is 4.31. The number of nitrogens with two attached hydrogens (primary N) is 1. The number of benzene rings is 2. The zero-order valence-electron chi connectivity index (χ0n) is 11.6. The molecule has 0 radical (unpaired) electrons. The molecule has 0 bridgehead atoms. The summed E-state index contributed by atoms with van der Waals surface area (Å²) in [4.78, 5) is 4.39. The van der Waals surface area contributed by atoms with Crippen molar-refractivity contribution in [3.05, 3.63) is 52.8 Å². The quantitative estimate of drug-likeness (QED) is 0.842. The molecule has 1 aliphatic heterocycles. The molecule has 1 heterocycles. The van der Waals surface area contributed by atoms with Crippen molar-refractivity contribution in [3.63, 3.8) is 0 Å². The minimum Gasteiger partial charge on any atom is -0.399 e. The highest BCUT2D eigenvalue weighted by Gasteiger charge is 2.19. The first kappa shape index (κ1) is 14.2. The molecular formula is C16H17BrFN3. The van der Waals surface area contributed by atoms with Crippen LogP contribution in [0.15, 0.2) is 46.9 Å². The Kier molecular flexibility index (Phi) is 4.01. The van der Waals surface area contributed by atoms with Crippen LogP contribution in [0.3, 0.4) is 0 Å². The van der Waals surface area contributed by atoms with Crippen LogP contribution in [-0.4, -0.2) is 26.2 Å². The average Bonchev–Trinajstić information content (AvgIpc) is 2.48. The molecule has 0 atom stereocenters.